The second kappa shape index (κ2) is 15.7. The maximum atomic E-state index is 15.8. The van der Waals surface area contributed by atoms with Crippen LogP contribution in [0.1, 0.15) is 60.9 Å². The first-order chi connectivity index (χ1) is 21.5. The second-order valence-corrected chi connectivity index (χ2v) is 11.6. The van der Waals surface area contributed by atoms with E-state index >= 15 is 8.78 Å². The average Bonchev–Trinajstić information content (AvgIpc) is 3.34. The third-order valence-electron chi connectivity index (χ3n) is 7.49. The molecule has 0 saturated heterocycles. The van der Waals surface area contributed by atoms with Crippen LogP contribution in [0.25, 0.3) is 10.9 Å². The van der Waals surface area contributed by atoms with Gasteiger partial charge in [0.15, 0.2) is 0 Å². The first-order valence-corrected chi connectivity index (χ1v) is 15.2. The molecule has 12 heteroatoms. The van der Waals surface area contributed by atoms with Crippen molar-refractivity contribution >= 4 is 22.8 Å². The Kier molecular flexibility index (Phi) is 12.0. The summed E-state index contributed by atoms with van der Waals surface area (Å²) in [5.41, 5.74) is 0.397. The Morgan fingerprint density at radius 1 is 1.02 bits per heavy atom. The number of nitrogens with zero attached hydrogens (tertiary/aromatic N) is 1. The predicted molar refractivity (Wildman–Crippen MR) is 163 cm³/mol. The quantitative estimate of drug-likeness (QED) is 0.171. The minimum Gasteiger partial charge on any atom is -0.464 e. The van der Waals surface area contributed by atoms with Gasteiger partial charge in [-0.2, -0.15) is 0 Å². The number of H-pyrrole nitrogens is 1. The lowest BCUT2D eigenvalue weighted by Gasteiger charge is -2.43. The third-order valence-corrected chi connectivity index (χ3v) is 7.49. The Labute approximate surface area is 261 Å². The molecule has 0 spiro atoms. The molecule has 2 N–H and O–H groups in total. The highest BCUT2D eigenvalue weighted by atomic mass is 19.1. The number of para-hydroxylation sites is 1. The number of benzene rings is 2. The molecule has 1 aromatic heterocycles. The number of fused-ring (bicyclic) bond motifs is 3. The number of aromatic nitrogens is 1. The van der Waals surface area contributed by atoms with Gasteiger partial charge in [-0.05, 0) is 57.9 Å². The maximum Gasteiger partial charge on any atom is 0.332 e. The number of carbonyl (C=O) groups excluding carboxylic acids is 2. The minimum absolute atomic E-state index is 0.0386. The van der Waals surface area contributed by atoms with Crippen LogP contribution in [0.3, 0.4) is 0 Å². The molecule has 2 heterocycles. The molecule has 4 rings (SSSR count). The van der Waals surface area contributed by atoms with Gasteiger partial charge in [0.2, 0.25) is 0 Å². The van der Waals surface area contributed by atoms with E-state index in [1.54, 1.807) is 11.8 Å². The summed E-state index contributed by atoms with van der Waals surface area (Å²) in [4.78, 5) is 29.0. The van der Waals surface area contributed by atoms with Crippen molar-refractivity contribution in [3.05, 3.63) is 70.4 Å². The highest BCUT2D eigenvalue weighted by Gasteiger charge is 2.41. The lowest BCUT2D eigenvalue weighted by Crippen LogP contribution is -2.48. The summed E-state index contributed by atoms with van der Waals surface area (Å²) in [5.74, 6) is -2.85. The van der Waals surface area contributed by atoms with Crippen LogP contribution in [0.15, 0.2) is 36.4 Å². The normalized spacial score (nSPS) is 17.0. The highest BCUT2D eigenvalue weighted by molar-refractivity contribution is 5.94. The summed E-state index contributed by atoms with van der Waals surface area (Å²) >= 11 is 0. The molecular formula is C33H42F3N3O6. The molecule has 0 saturated carbocycles. The molecule has 9 nitrogen and oxygen atoms in total. The van der Waals surface area contributed by atoms with Crippen molar-refractivity contribution in [3.63, 3.8) is 0 Å². The van der Waals surface area contributed by atoms with Gasteiger partial charge in [0.1, 0.15) is 23.9 Å². The maximum absolute atomic E-state index is 15.8. The van der Waals surface area contributed by atoms with Crippen LogP contribution in [0.4, 0.5) is 13.2 Å². The third kappa shape index (κ3) is 9.06. The number of hydrogen-bond donors (Lipinski definition) is 2. The van der Waals surface area contributed by atoms with E-state index in [9.17, 15) is 14.0 Å². The monoisotopic (exact) mass is 633 g/mol. The SMILES string of the molecule is CCOC(=O)COCCOCCOCCNC(=O)c1cc(F)c([C@@H]2c3[nH]c4ccccc4c3C[C@@H](C)N2CC(C)(C)F)c(F)c1. The van der Waals surface area contributed by atoms with Crippen LogP contribution in [-0.2, 0) is 30.2 Å². The van der Waals surface area contributed by atoms with Crippen molar-refractivity contribution in [2.24, 2.45) is 0 Å². The van der Waals surface area contributed by atoms with Crippen LogP contribution in [-0.4, -0.2) is 92.8 Å². The first kappa shape index (κ1) is 34.4. The van der Waals surface area contributed by atoms with Crippen molar-refractivity contribution in [1.29, 1.82) is 0 Å². The molecule has 1 amide bonds. The Morgan fingerprint density at radius 2 is 1.67 bits per heavy atom. The first-order valence-electron chi connectivity index (χ1n) is 15.2. The van der Waals surface area contributed by atoms with Gasteiger partial charge in [-0.1, -0.05) is 18.2 Å². The largest absolute Gasteiger partial charge is 0.464 e. The van der Waals surface area contributed by atoms with Crippen LogP contribution >= 0.6 is 0 Å². The second-order valence-electron chi connectivity index (χ2n) is 11.6. The minimum atomic E-state index is -1.61. The fourth-order valence-corrected chi connectivity index (χ4v) is 5.61. The molecule has 3 aromatic rings. The molecule has 1 aliphatic rings. The van der Waals surface area contributed by atoms with Crippen molar-refractivity contribution in [2.45, 2.75) is 51.9 Å². The van der Waals surface area contributed by atoms with E-state index < -0.39 is 35.2 Å². The zero-order valence-corrected chi connectivity index (χ0v) is 26.2. The lowest BCUT2D eigenvalue weighted by atomic mass is 9.87. The number of amides is 1. The summed E-state index contributed by atoms with van der Waals surface area (Å²) in [6.45, 7) is 7.98. The van der Waals surface area contributed by atoms with Crippen molar-refractivity contribution in [3.8, 4) is 0 Å². The standard InChI is InChI=1S/C33H42F3N3O6/c1-5-45-28(40)19-44-15-14-43-13-12-42-11-10-37-32(41)22-17-25(34)29(26(35)18-22)31-30-24(23-8-6-7-9-27(23)38-30)16-21(2)39(31)20-33(3,4)36/h6-9,17-18,21,31,38H,5,10-16,19-20H2,1-4H3,(H,37,41)/t21-,31-/m1/s1. The van der Waals surface area contributed by atoms with E-state index in [1.807, 2.05) is 31.2 Å². The van der Waals surface area contributed by atoms with Crippen molar-refractivity contribution in [1.82, 2.24) is 15.2 Å². The van der Waals surface area contributed by atoms with Gasteiger partial charge in [0.25, 0.3) is 5.91 Å². The van der Waals surface area contributed by atoms with Crippen LogP contribution < -0.4 is 5.32 Å². The highest BCUT2D eigenvalue weighted by Crippen LogP contribution is 2.43. The number of ether oxygens (including phenoxy) is 4. The molecule has 0 radical (unpaired) electrons. The van der Waals surface area contributed by atoms with E-state index in [0.717, 1.165) is 28.6 Å². The number of hydrogen-bond acceptors (Lipinski definition) is 7. The molecule has 1 aliphatic heterocycles. The van der Waals surface area contributed by atoms with E-state index in [2.05, 4.69) is 10.3 Å². The van der Waals surface area contributed by atoms with Gasteiger partial charge in [0, 0.05) is 46.9 Å². The number of halogens is 3. The summed E-state index contributed by atoms with van der Waals surface area (Å²) in [5, 5.41) is 3.57. The van der Waals surface area contributed by atoms with Crippen LogP contribution in [0, 0.1) is 11.6 Å². The van der Waals surface area contributed by atoms with Crippen molar-refractivity contribution in [2.75, 3.05) is 59.3 Å². The fraction of sp³-hybridized carbons (Fsp3) is 0.515. The molecule has 0 aliphatic carbocycles. The number of rotatable bonds is 16. The zero-order valence-electron chi connectivity index (χ0n) is 26.2. The molecule has 45 heavy (non-hydrogen) atoms. The van der Waals surface area contributed by atoms with Gasteiger partial charge in [-0.25, -0.2) is 18.0 Å². The van der Waals surface area contributed by atoms with Crippen molar-refractivity contribution < 1.29 is 41.7 Å². The number of nitrogens with one attached hydrogen (secondary N) is 2. The molecule has 0 bridgehead atoms. The molecular weight excluding hydrogens is 591 g/mol. The van der Waals surface area contributed by atoms with E-state index in [4.69, 9.17) is 18.9 Å². The van der Waals surface area contributed by atoms with Crippen LogP contribution in [0.2, 0.25) is 0 Å². The number of aromatic amines is 1. The van der Waals surface area contributed by atoms with E-state index in [-0.39, 0.29) is 69.9 Å². The Morgan fingerprint density at radius 3 is 2.33 bits per heavy atom. The van der Waals surface area contributed by atoms with Gasteiger partial charge in [-0.15, -0.1) is 0 Å². The Hall–Kier alpha value is -3.45. The predicted octanol–water partition coefficient (Wildman–Crippen LogP) is 4.87. The van der Waals surface area contributed by atoms with Gasteiger partial charge in [-0.3, -0.25) is 9.69 Å². The molecule has 2 atom stereocenters. The molecule has 0 fully saturated rings. The van der Waals surface area contributed by atoms with Gasteiger partial charge < -0.3 is 29.2 Å². The molecule has 246 valence electrons. The van der Waals surface area contributed by atoms with Crippen LogP contribution in [0.5, 0.6) is 0 Å². The summed E-state index contributed by atoms with van der Waals surface area (Å²) < 4.78 is 67.3. The molecule has 2 aromatic carbocycles. The summed E-state index contributed by atoms with van der Waals surface area (Å²) in [6, 6.07) is 8.59. The smallest absolute Gasteiger partial charge is 0.332 e. The van der Waals surface area contributed by atoms with Gasteiger partial charge in [0.05, 0.1) is 45.7 Å². The topological polar surface area (TPSA) is 102 Å². The van der Waals surface area contributed by atoms with Gasteiger partial charge >= 0.3 is 5.97 Å². The van der Waals surface area contributed by atoms with E-state index in [0.29, 0.717) is 18.7 Å². The zero-order chi connectivity index (χ0) is 32.6. The number of esters is 1. The number of carbonyl (C=O) groups is 2. The molecule has 0 unspecified atom stereocenters. The summed E-state index contributed by atoms with van der Waals surface area (Å²) in [7, 11) is 0. The lowest BCUT2D eigenvalue weighted by molar-refractivity contribution is -0.149. The number of alkyl halides is 1. The average molecular weight is 634 g/mol. The Balaban J connectivity index is 1.35. The Bertz CT molecular complexity index is 1430. The summed E-state index contributed by atoms with van der Waals surface area (Å²) in [6.07, 6.45) is 0.593. The van der Waals surface area contributed by atoms with E-state index in [1.165, 1.54) is 13.8 Å². The fourth-order valence-electron chi connectivity index (χ4n) is 5.61.